The van der Waals surface area contributed by atoms with Crippen LogP contribution in [-0.4, -0.2) is 43.0 Å². The molecule has 142 valence electrons. The van der Waals surface area contributed by atoms with Gasteiger partial charge in [0.1, 0.15) is 4.88 Å². The number of piperidine rings is 1. The lowest BCUT2D eigenvalue weighted by molar-refractivity contribution is 0.433. The predicted octanol–water partition coefficient (Wildman–Crippen LogP) is 3.22. The molecule has 9 heteroatoms. The van der Waals surface area contributed by atoms with Gasteiger partial charge in [-0.2, -0.15) is 10.1 Å². The number of nitrogens with one attached hydrogen (secondary N) is 1. The van der Waals surface area contributed by atoms with Gasteiger partial charge in [0.25, 0.3) is 5.89 Å². The Labute approximate surface area is 165 Å². The van der Waals surface area contributed by atoms with E-state index < -0.39 is 0 Å². The molecule has 8 nitrogen and oxygen atoms in total. The Bertz CT molecular complexity index is 1080. The molecule has 1 aliphatic rings. The molecule has 5 rings (SSSR count). The first-order valence-corrected chi connectivity index (χ1v) is 10.1. The van der Waals surface area contributed by atoms with Gasteiger partial charge >= 0.3 is 0 Å². The molecule has 4 aromatic rings. The van der Waals surface area contributed by atoms with E-state index in [1.807, 2.05) is 31.3 Å². The van der Waals surface area contributed by atoms with Crippen LogP contribution in [0.4, 0.5) is 0 Å². The summed E-state index contributed by atoms with van der Waals surface area (Å²) >= 11 is 1.67. The van der Waals surface area contributed by atoms with Crippen LogP contribution in [0.15, 0.2) is 41.3 Å². The maximum Gasteiger partial charge on any atom is 0.270 e. The lowest BCUT2D eigenvalue weighted by atomic mass is 9.99. The van der Waals surface area contributed by atoms with Gasteiger partial charge < -0.3 is 9.84 Å². The maximum atomic E-state index is 5.57. The van der Waals surface area contributed by atoms with Crippen molar-refractivity contribution >= 4 is 11.3 Å². The van der Waals surface area contributed by atoms with E-state index in [1.165, 1.54) is 5.01 Å². The molecule has 0 spiro atoms. The molecule has 1 saturated heterocycles. The molecule has 5 heterocycles. The first-order valence-electron chi connectivity index (χ1n) is 9.26. The Hall–Kier alpha value is -2.91. The van der Waals surface area contributed by atoms with Crippen LogP contribution in [0.5, 0.6) is 0 Å². The van der Waals surface area contributed by atoms with Crippen LogP contribution in [0, 0.1) is 6.92 Å². The summed E-state index contributed by atoms with van der Waals surface area (Å²) in [6.07, 6.45) is 7.52. The molecule has 0 radical (unpaired) electrons. The van der Waals surface area contributed by atoms with Crippen LogP contribution >= 0.6 is 11.3 Å². The second kappa shape index (κ2) is 7.25. The van der Waals surface area contributed by atoms with Crippen molar-refractivity contribution in [3.8, 4) is 28.0 Å². The molecular weight excluding hydrogens is 374 g/mol. The number of rotatable bonds is 4. The fourth-order valence-electron chi connectivity index (χ4n) is 3.38. The molecule has 1 fully saturated rings. The molecule has 0 bridgehead atoms. The van der Waals surface area contributed by atoms with Crippen molar-refractivity contribution < 1.29 is 4.52 Å². The third kappa shape index (κ3) is 3.23. The van der Waals surface area contributed by atoms with E-state index in [1.54, 1.807) is 28.4 Å². The maximum absolute atomic E-state index is 5.57. The Morgan fingerprint density at radius 3 is 2.93 bits per heavy atom. The van der Waals surface area contributed by atoms with Crippen molar-refractivity contribution in [1.29, 1.82) is 0 Å². The van der Waals surface area contributed by atoms with Crippen LogP contribution in [0.2, 0.25) is 0 Å². The molecule has 1 N–H and O–H groups in total. The highest BCUT2D eigenvalue weighted by Gasteiger charge is 2.23. The number of aryl methyl sites for hydroxylation is 1. The highest BCUT2D eigenvalue weighted by atomic mass is 32.1. The van der Waals surface area contributed by atoms with Crippen LogP contribution in [-0.2, 0) is 0 Å². The highest BCUT2D eigenvalue weighted by molar-refractivity contribution is 7.15. The summed E-state index contributed by atoms with van der Waals surface area (Å²) in [5.41, 5.74) is 1.77. The van der Waals surface area contributed by atoms with Gasteiger partial charge in [0.15, 0.2) is 5.82 Å². The van der Waals surface area contributed by atoms with Gasteiger partial charge in [-0.05, 0) is 51.1 Å². The summed E-state index contributed by atoms with van der Waals surface area (Å²) in [6, 6.07) is 5.61. The van der Waals surface area contributed by atoms with Crippen molar-refractivity contribution in [3.05, 3.63) is 47.5 Å². The Morgan fingerprint density at radius 2 is 2.11 bits per heavy atom. The second-order valence-electron chi connectivity index (χ2n) is 6.77. The molecule has 0 saturated carbocycles. The normalized spacial score (nSPS) is 15.2. The van der Waals surface area contributed by atoms with Crippen LogP contribution in [0.3, 0.4) is 0 Å². The molecule has 0 aliphatic carbocycles. The van der Waals surface area contributed by atoms with E-state index in [0.717, 1.165) is 42.1 Å². The summed E-state index contributed by atoms with van der Waals surface area (Å²) in [7, 11) is 0. The SMILES string of the molecule is Cc1nc(C2CCNCC2)sc1-c1nc(-c2ccnc(-n3cccn3)c2)no1. The van der Waals surface area contributed by atoms with E-state index in [-0.39, 0.29) is 0 Å². The zero-order chi connectivity index (χ0) is 18.9. The predicted molar refractivity (Wildman–Crippen MR) is 105 cm³/mol. The minimum absolute atomic E-state index is 0.512. The second-order valence-corrected chi connectivity index (χ2v) is 7.80. The third-order valence-corrected chi connectivity index (χ3v) is 6.17. The summed E-state index contributed by atoms with van der Waals surface area (Å²) < 4.78 is 7.27. The molecule has 4 aromatic heterocycles. The van der Waals surface area contributed by atoms with Crippen molar-refractivity contribution in [2.45, 2.75) is 25.7 Å². The smallest absolute Gasteiger partial charge is 0.270 e. The topological polar surface area (TPSA) is 94.6 Å². The number of hydrogen-bond donors (Lipinski definition) is 1. The zero-order valence-corrected chi connectivity index (χ0v) is 16.2. The average molecular weight is 393 g/mol. The summed E-state index contributed by atoms with van der Waals surface area (Å²) in [6.45, 7) is 4.09. The van der Waals surface area contributed by atoms with Gasteiger partial charge in [0, 0.05) is 30.1 Å². The fraction of sp³-hybridized carbons (Fsp3) is 0.316. The van der Waals surface area contributed by atoms with E-state index in [2.05, 4.69) is 25.5 Å². The van der Waals surface area contributed by atoms with Crippen molar-refractivity contribution in [2.24, 2.45) is 0 Å². The average Bonchev–Trinajstić information content (AvgIpc) is 3.49. The lowest BCUT2D eigenvalue weighted by Gasteiger charge is -2.20. The van der Waals surface area contributed by atoms with Gasteiger partial charge in [0.2, 0.25) is 5.82 Å². The fourth-order valence-corrected chi connectivity index (χ4v) is 4.54. The molecule has 28 heavy (non-hydrogen) atoms. The van der Waals surface area contributed by atoms with Gasteiger partial charge in [-0.15, -0.1) is 11.3 Å². The van der Waals surface area contributed by atoms with Crippen LogP contribution in [0.25, 0.3) is 28.0 Å². The lowest BCUT2D eigenvalue weighted by Crippen LogP contribution is -2.26. The minimum Gasteiger partial charge on any atom is -0.333 e. The number of aromatic nitrogens is 6. The molecule has 0 amide bonds. The Balaban J connectivity index is 1.44. The first-order chi connectivity index (χ1) is 13.8. The third-order valence-electron chi connectivity index (χ3n) is 4.86. The molecule has 0 atom stereocenters. The number of thiazole rings is 1. The first kappa shape index (κ1) is 17.2. The van der Waals surface area contributed by atoms with Gasteiger partial charge in [-0.25, -0.2) is 14.6 Å². The van der Waals surface area contributed by atoms with E-state index in [0.29, 0.717) is 23.5 Å². The number of pyridine rings is 1. The summed E-state index contributed by atoms with van der Waals surface area (Å²) in [4.78, 5) is 14.7. The van der Waals surface area contributed by atoms with Gasteiger partial charge in [0.05, 0.1) is 10.7 Å². The Kier molecular flexibility index (Phi) is 4.46. The summed E-state index contributed by atoms with van der Waals surface area (Å²) in [5, 5.41) is 12.9. The number of nitrogens with zero attached hydrogens (tertiary/aromatic N) is 6. The van der Waals surface area contributed by atoms with Crippen LogP contribution in [0.1, 0.15) is 29.5 Å². The zero-order valence-electron chi connectivity index (χ0n) is 15.4. The van der Waals surface area contributed by atoms with Gasteiger partial charge in [-0.3, -0.25) is 0 Å². The van der Waals surface area contributed by atoms with Crippen LogP contribution < -0.4 is 5.32 Å². The van der Waals surface area contributed by atoms with E-state index in [4.69, 9.17) is 9.51 Å². The van der Waals surface area contributed by atoms with E-state index in [9.17, 15) is 0 Å². The number of hydrogen-bond acceptors (Lipinski definition) is 8. The van der Waals surface area contributed by atoms with Gasteiger partial charge in [-0.1, -0.05) is 5.16 Å². The minimum atomic E-state index is 0.512. The van der Waals surface area contributed by atoms with Crippen molar-refractivity contribution in [3.63, 3.8) is 0 Å². The Morgan fingerprint density at radius 1 is 1.21 bits per heavy atom. The highest BCUT2D eigenvalue weighted by Crippen LogP contribution is 2.36. The monoisotopic (exact) mass is 393 g/mol. The quantitative estimate of drug-likeness (QED) is 0.569. The van der Waals surface area contributed by atoms with E-state index >= 15 is 0 Å². The largest absolute Gasteiger partial charge is 0.333 e. The molecule has 0 aromatic carbocycles. The van der Waals surface area contributed by atoms with Crippen molar-refractivity contribution in [1.82, 2.24) is 35.2 Å². The molecule has 1 aliphatic heterocycles. The molecule has 0 unspecified atom stereocenters. The summed E-state index contributed by atoms with van der Waals surface area (Å²) in [5.74, 6) is 2.26. The molecular formula is C19H19N7OS. The van der Waals surface area contributed by atoms with Crippen molar-refractivity contribution in [2.75, 3.05) is 13.1 Å². The standard InChI is InChI=1S/C19H19N7OS/c1-12-16(28-19(23-12)13-3-7-20-8-4-13)18-24-17(25-27-18)14-5-9-21-15(11-14)26-10-2-6-22-26/h2,5-6,9-11,13,20H,3-4,7-8H2,1H3.